The molecule has 4 amide bonds. The minimum Gasteiger partial charge on any atom is -0.489 e. The number of urea groups is 1. The molecule has 2 aromatic carbocycles. The van der Waals surface area contributed by atoms with Crippen LogP contribution in [-0.4, -0.2) is 17.8 Å². The SMILES string of the molecule is O=C1NC(=O)N(c2ccc(OCc3ccc(Cl)cc3Cl)cc2)C(=O)/C1=C/c1ccco1. The highest BCUT2D eigenvalue weighted by atomic mass is 35.5. The number of imide groups is 2. The van der Waals surface area contributed by atoms with Crippen LogP contribution >= 0.6 is 23.2 Å². The summed E-state index contributed by atoms with van der Waals surface area (Å²) < 4.78 is 10.9. The molecule has 1 N–H and O–H groups in total. The molecule has 0 unspecified atom stereocenters. The maximum atomic E-state index is 12.8. The van der Waals surface area contributed by atoms with Gasteiger partial charge in [-0.1, -0.05) is 29.3 Å². The number of benzene rings is 2. The summed E-state index contributed by atoms with van der Waals surface area (Å²) in [5, 5.41) is 3.17. The molecular weight excluding hydrogens is 443 g/mol. The van der Waals surface area contributed by atoms with E-state index in [0.29, 0.717) is 21.6 Å². The van der Waals surface area contributed by atoms with Crippen molar-refractivity contribution in [2.24, 2.45) is 0 Å². The zero-order chi connectivity index (χ0) is 22.0. The summed E-state index contributed by atoms with van der Waals surface area (Å²) in [6.07, 6.45) is 2.70. The second-order valence-corrected chi connectivity index (χ2v) is 7.34. The molecule has 0 saturated carbocycles. The Bertz CT molecular complexity index is 1190. The van der Waals surface area contributed by atoms with E-state index in [-0.39, 0.29) is 17.9 Å². The zero-order valence-corrected chi connectivity index (χ0v) is 17.3. The van der Waals surface area contributed by atoms with Gasteiger partial charge < -0.3 is 9.15 Å². The molecule has 1 aromatic heterocycles. The lowest BCUT2D eigenvalue weighted by atomic mass is 10.1. The van der Waals surface area contributed by atoms with Crippen LogP contribution in [-0.2, 0) is 16.2 Å². The molecule has 1 saturated heterocycles. The molecule has 0 bridgehead atoms. The van der Waals surface area contributed by atoms with Crippen molar-refractivity contribution in [3.05, 3.63) is 87.8 Å². The number of furan rings is 1. The molecule has 31 heavy (non-hydrogen) atoms. The molecule has 1 aliphatic rings. The summed E-state index contributed by atoms with van der Waals surface area (Å²) in [4.78, 5) is 38.1. The molecule has 0 radical (unpaired) electrons. The fourth-order valence-electron chi connectivity index (χ4n) is 2.90. The standard InChI is InChI=1S/C22H14Cl2N2O5/c23-14-4-3-13(19(24)10-14)12-31-16-7-5-15(6-8-16)26-21(28)18(20(27)25-22(26)29)11-17-2-1-9-30-17/h1-11H,12H2,(H,25,27,29)/b18-11+. The van der Waals surface area contributed by atoms with Crippen LogP contribution in [0.25, 0.3) is 6.08 Å². The molecule has 0 aliphatic carbocycles. The highest BCUT2D eigenvalue weighted by Crippen LogP contribution is 2.26. The van der Waals surface area contributed by atoms with Crippen LogP contribution in [0.4, 0.5) is 10.5 Å². The number of ether oxygens (including phenoxy) is 1. The summed E-state index contributed by atoms with van der Waals surface area (Å²) in [5.74, 6) is -0.728. The number of halogens is 2. The Hall–Kier alpha value is -3.55. The number of carbonyl (C=O) groups is 3. The maximum Gasteiger partial charge on any atom is 0.335 e. The van der Waals surface area contributed by atoms with E-state index in [9.17, 15) is 14.4 Å². The van der Waals surface area contributed by atoms with E-state index in [1.807, 2.05) is 0 Å². The van der Waals surface area contributed by atoms with Crippen LogP contribution in [0.15, 0.2) is 70.9 Å². The van der Waals surface area contributed by atoms with Crippen molar-refractivity contribution in [2.45, 2.75) is 6.61 Å². The van der Waals surface area contributed by atoms with Gasteiger partial charge in [0, 0.05) is 15.6 Å². The average molecular weight is 457 g/mol. The summed E-state index contributed by atoms with van der Waals surface area (Å²) >= 11 is 12.0. The van der Waals surface area contributed by atoms with Gasteiger partial charge in [-0.15, -0.1) is 0 Å². The fraction of sp³-hybridized carbons (Fsp3) is 0.0455. The Kier molecular flexibility index (Phi) is 5.79. The number of anilines is 1. The van der Waals surface area contributed by atoms with Crippen molar-refractivity contribution in [1.82, 2.24) is 5.32 Å². The molecule has 1 aliphatic heterocycles. The van der Waals surface area contributed by atoms with Crippen molar-refractivity contribution in [3.8, 4) is 5.75 Å². The van der Waals surface area contributed by atoms with Crippen LogP contribution < -0.4 is 15.0 Å². The molecule has 7 nitrogen and oxygen atoms in total. The first-order chi connectivity index (χ1) is 14.9. The topological polar surface area (TPSA) is 88.9 Å². The number of hydrogen-bond acceptors (Lipinski definition) is 5. The number of carbonyl (C=O) groups excluding carboxylic acids is 3. The van der Waals surface area contributed by atoms with E-state index in [4.69, 9.17) is 32.4 Å². The molecule has 2 heterocycles. The van der Waals surface area contributed by atoms with Gasteiger partial charge in [-0.3, -0.25) is 14.9 Å². The molecule has 156 valence electrons. The van der Waals surface area contributed by atoms with Gasteiger partial charge in [-0.2, -0.15) is 0 Å². The molecule has 0 spiro atoms. The minimum atomic E-state index is -0.840. The highest BCUT2D eigenvalue weighted by Gasteiger charge is 2.37. The van der Waals surface area contributed by atoms with Crippen molar-refractivity contribution >= 4 is 52.8 Å². The van der Waals surface area contributed by atoms with Crippen molar-refractivity contribution < 1.29 is 23.5 Å². The number of amides is 4. The van der Waals surface area contributed by atoms with Gasteiger partial charge in [-0.25, -0.2) is 9.69 Å². The first kappa shape index (κ1) is 20.7. The lowest BCUT2D eigenvalue weighted by Gasteiger charge is -2.26. The maximum absolute atomic E-state index is 12.8. The normalized spacial score (nSPS) is 15.4. The van der Waals surface area contributed by atoms with Crippen molar-refractivity contribution in [3.63, 3.8) is 0 Å². The first-order valence-electron chi connectivity index (χ1n) is 9.04. The molecule has 1 fully saturated rings. The first-order valence-corrected chi connectivity index (χ1v) is 9.80. The number of hydrogen-bond donors (Lipinski definition) is 1. The third-order valence-electron chi connectivity index (χ3n) is 4.44. The van der Waals surface area contributed by atoms with E-state index < -0.39 is 17.8 Å². The van der Waals surface area contributed by atoms with E-state index in [1.165, 1.54) is 24.5 Å². The monoisotopic (exact) mass is 456 g/mol. The van der Waals surface area contributed by atoms with Gasteiger partial charge in [0.05, 0.1) is 12.0 Å². The summed E-state index contributed by atoms with van der Waals surface area (Å²) in [7, 11) is 0. The summed E-state index contributed by atoms with van der Waals surface area (Å²) in [5.41, 5.74) is 0.816. The van der Waals surface area contributed by atoms with E-state index in [1.54, 1.807) is 42.5 Å². The molecule has 9 heteroatoms. The van der Waals surface area contributed by atoms with E-state index in [2.05, 4.69) is 5.32 Å². The van der Waals surface area contributed by atoms with Gasteiger partial charge in [0.25, 0.3) is 11.8 Å². The largest absolute Gasteiger partial charge is 0.489 e. The van der Waals surface area contributed by atoms with Gasteiger partial charge in [0.2, 0.25) is 0 Å². The van der Waals surface area contributed by atoms with Crippen LogP contribution in [0.5, 0.6) is 5.75 Å². The lowest BCUT2D eigenvalue weighted by molar-refractivity contribution is -0.122. The van der Waals surface area contributed by atoms with Crippen LogP contribution in [0.1, 0.15) is 11.3 Å². The van der Waals surface area contributed by atoms with E-state index in [0.717, 1.165) is 10.5 Å². The van der Waals surface area contributed by atoms with Crippen LogP contribution in [0.3, 0.4) is 0 Å². The Morgan fingerprint density at radius 3 is 2.48 bits per heavy atom. The quantitative estimate of drug-likeness (QED) is 0.438. The smallest absolute Gasteiger partial charge is 0.335 e. The van der Waals surface area contributed by atoms with Crippen molar-refractivity contribution in [2.75, 3.05) is 4.90 Å². The third-order valence-corrected chi connectivity index (χ3v) is 5.02. The molecule has 3 aromatic rings. The van der Waals surface area contributed by atoms with Crippen molar-refractivity contribution in [1.29, 1.82) is 0 Å². The predicted octanol–water partition coefficient (Wildman–Crippen LogP) is 4.83. The number of barbiturate groups is 1. The highest BCUT2D eigenvalue weighted by molar-refractivity contribution is 6.39. The van der Waals surface area contributed by atoms with Gasteiger partial charge in [0.1, 0.15) is 23.7 Å². The van der Waals surface area contributed by atoms with Gasteiger partial charge >= 0.3 is 6.03 Å². The summed E-state index contributed by atoms with van der Waals surface area (Å²) in [6, 6.07) is 13.8. The number of nitrogens with one attached hydrogen (secondary N) is 1. The summed E-state index contributed by atoms with van der Waals surface area (Å²) in [6.45, 7) is 0.211. The van der Waals surface area contributed by atoms with Crippen LogP contribution in [0, 0.1) is 0 Å². The third kappa shape index (κ3) is 4.47. The molecule has 0 atom stereocenters. The lowest BCUT2D eigenvalue weighted by Crippen LogP contribution is -2.54. The number of rotatable bonds is 5. The van der Waals surface area contributed by atoms with Gasteiger partial charge in [-0.05, 0) is 54.6 Å². The van der Waals surface area contributed by atoms with Crippen LogP contribution in [0.2, 0.25) is 10.0 Å². The minimum absolute atomic E-state index is 0.211. The second kappa shape index (κ2) is 8.67. The van der Waals surface area contributed by atoms with E-state index >= 15 is 0 Å². The Labute approximate surface area is 186 Å². The second-order valence-electron chi connectivity index (χ2n) is 6.49. The molecular formula is C22H14Cl2N2O5. The Morgan fingerprint density at radius 1 is 1.03 bits per heavy atom. The van der Waals surface area contributed by atoms with Gasteiger partial charge in [0.15, 0.2) is 0 Å². The zero-order valence-electron chi connectivity index (χ0n) is 15.8. The number of nitrogens with zero attached hydrogens (tertiary/aromatic N) is 1. The molecule has 4 rings (SSSR count). The Morgan fingerprint density at radius 2 is 1.81 bits per heavy atom. The Balaban J connectivity index is 1.51. The fourth-order valence-corrected chi connectivity index (χ4v) is 3.36. The predicted molar refractivity (Wildman–Crippen MR) is 115 cm³/mol. The average Bonchev–Trinajstić information content (AvgIpc) is 3.25.